The van der Waals surface area contributed by atoms with Crippen LogP contribution in [0.3, 0.4) is 0 Å². The van der Waals surface area contributed by atoms with E-state index in [1.165, 1.54) is 5.57 Å². The summed E-state index contributed by atoms with van der Waals surface area (Å²) in [7, 11) is 0. The number of rotatable bonds is 6. The number of esters is 2. The molecule has 3 rings (SSSR count). The van der Waals surface area contributed by atoms with E-state index in [-0.39, 0.29) is 36.5 Å². The Hall–Kier alpha value is -1.62. The first-order valence-electron chi connectivity index (χ1n) is 11.6. The summed E-state index contributed by atoms with van der Waals surface area (Å²) in [5, 5.41) is 9.92. The zero-order chi connectivity index (χ0) is 22.1. The molecule has 0 bridgehead atoms. The largest absolute Gasteiger partial charge is 0.462 e. The highest BCUT2D eigenvalue weighted by molar-refractivity contribution is 5.76. The van der Waals surface area contributed by atoms with Gasteiger partial charge in [-0.1, -0.05) is 39.0 Å². The lowest BCUT2D eigenvalue weighted by Gasteiger charge is -2.44. The van der Waals surface area contributed by atoms with E-state index in [1.54, 1.807) is 0 Å². The van der Waals surface area contributed by atoms with Crippen LogP contribution < -0.4 is 0 Å². The van der Waals surface area contributed by atoms with Gasteiger partial charge in [0.15, 0.2) is 0 Å². The van der Waals surface area contributed by atoms with Crippen LogP contribution in [0.2, 0.25) is 0 Å². The van der Waals surface area contributed by atoms with Crippen LogP contribution in [0.1, 0.15) is 73.1 Å². The van der Waals surface area contributed by atoms with Gasteiger partial charge in [-0.2, -0.15) is 0 Å². The van der Waals surface area contributed by atoms with Gasteiger partial charge in [-0.3, -0.25) is 9.59 Å². The Labute approximate surface area is 180 Å². The lowest BCUT2D eigenvalue weighted by atomic mass is 9.65. The second-order valence-electron chi connectivity index (χ2n) is 10.3. The molecule has 2 aliphatic carbocycles. The quantitative estimate of drug-likeness (QED) is 0.639. The summed E-state index contributed by atoms with van der Waals surface area (Å²) in [6.45, 7) is 10.3. The standard InChI is InChI=1S/C25H38O5/c1-6-25(4,5)24(28)30-21-12-15(2)11-17-8-7-16(3)20(23(17)21)10-9-19-13-18(26)14-22(27)29-19/h7-8,11,15-16,18-21,23,26H,6,9-10,12-14H2,1-5H3/t15?,16-,18?,19+,20-,21?,23?/m0/s1. The Kier molecular flexibility index (Phi) is 7.11. The molecule has 1 fully saturated rings. The third-order valence-electron chi connectivity index (χ3n) is 7.35. The smallest absolute Gasteiger partial charge is 0.311 e. The van der Waals surface area contributed by atoms with Crippen LogP contribution in [-0.2, 0) is 19.1 Å². The maximum Gasteiger partial charge on any atom is 0.311 e. The minimum absolute atomic E-state index is 0.0949. The van der Waals surface area contributed by atoms with E-state index in [2.05, 4.69) is 32.1 Å². The Morgan fingerprint density at radius 2 is 2.00 bits per heavy atom. The van der Waals surface area contributed by atoms with Crippen molar-refractivity contribution < 1.29 is 24.2 Å². The van der Waals surface area contributed by atoms with Crippen molar-refractivity contribution in [2.24, 2.45) is 29.1 Å². The second kappa shape index (κ2) is 9.25. The van der Waals surface area contributed by atoms with Crippen molar-refractivity contribution in [2.45, 2.75) is 91.5 Å². The Morgan fingerprint density at radius 1 is 1.27 bits per heavy atom. The van der Waals surface area contributed by atoms with Crippen LogP contribution in [0.15, 0.2) is 23.8 Å². The highest BCUT2D eigenvalue weighted by Gasteiger charge is 2.43. The molecule has 0 radical (unpaired) electrons. The molecule has 3 aliphatic rings. The molecule has 0 aromatic rings. The van der Waals surface area contributed by atoms with Crippen molar-refractivity contribution in [1.29, 1.82) is 0 Å². The van der Waals surface area contributed by atoms with Gasteiger partial charge < -0.3 is 14.6 Å². The summed E-state index contributed by atoms with van der Waals surface area (Å²) in [5.74, 6) is 0.776. The molecule has 30 heavy (non-hydrogen) atoms. The average molecular weight is 419 g/mol. The van der Waals surface area contributed by atoms with Gasteiger partial charge in [0.05, 0.1) is 17.9 Å². The van der Waals surface area contributed by atoms with Crippen molar-refractivity contribution in [3.8, 4) is 0 Å². The van der Waals surface area contributed by atoms with Gasteiger partial charge >= 0.3 is 11.9 Å². The SMILES string of the molecule is CCC(C)(C)C(=O)OC1CC(C)C=C2C=C[C@H](C)[C@H](CC[C@@H]3CC(O)CC(=O)O3)C21. The van der Waals surface area contributed by atoms with E-state index >= 15 is 0 Å². The fourth-order valence-electron chi connectivity index (χ4n) is 5.08. The number of aliphatic hydroxyl groups is 1. The molecule has 7 atom stereocenters. The number of fused-ring (bicyclic) bond motifs is 1. The summed E-state index contributed by atoms with van der Waals surface area (Å²) >= 11 is 0. The molecular weight excluding hydrogens is 380 g/mol. The minimum atomic E-state index is -0.601. The lowest BCUT2D eigenvalue weighted by Crippen LogP contribution is -2.43. The molecule has 1 aliphatic heterocycles. The highest BCUT2D eigenvalue weighted by Crippen LogP contribution is 2.45. The van der Waals surface area contributed by atoms with Gasteiger partial charge in [-0.05, 0) is 62.9 Å². The Bertz CT molecular complexity index is 706. The normalized spacial score (nSPS) is 36.5. The van der Waals surface area contributed by atoms with Crippen molar-refractivity contribution in [1.82, 2.24) is 0 Å². The molecule has 0 amide bonds. The van der Waals surface area contributed by atoms with Gasteiger partial charge in [0.2, 0.25) is 0 Å². The third kappa shape index (κ3) is 5.16. The molecule has 5 nitrogen and oxygen atoms in total. The first-order valence-corrected chi connectivity index (χ1v) is 11.6. The number of cyclic esters (lactones) is 1. The fourth-order valence-corrected chi connectivity index (χ4v) is 5.08. The van der Waals surface area contributed by atoms with Gasteiger partial charge in [0, 0.05) is 12.3 Å². The zero-order valence-corrected chi connectivity index (χ0v) is 19.1. The van der Waals surface area contributed by atoms with E-state index < -0.39 is 11.5 Å². The first-order chi connectivity index (χ1) is 14.1. The molecule has 0 aromatic carbocycles. The van der Waals surface area contributed by atoms with Crippen LogP contribution in [0.5, 0.6) is 0 Å². The van der Waals surface area contributed by atoms with Gasteiger partial charge in [-0.15, -0.1) is 0 Å². The molecule has 0 saturated carbocycles. The average Bonchev–Trinajstić information content (AvgIpc) is 2.66. The molecule has 5 heteroatoms. The van der Waals surface area contributed by atoms with Crippen LogP contribution >= 0.6 is 0 Å². The first kappa shape index (κ1) is 23.1. The van der Waals surface area contributed by atoms with Gasteiger partial charge in [0.25, 0.3) is 0 Å². The summed E-state index contributed by atoms with van der Waals surface area (Å²) < 4.78 is 11.6. The van der Waals surface area contributed by atoms with Crippen molar-refractivity contribution in [3.63, 3.8) is 0 Å². The van der Waals surface area contributed by atoms with E-state index in [9.17, 15) is 14.7 Å². The van der Waals surface area contributed by atoms with Crippen LogP contribution in [0, 0.1) is 29.1 Å². The number of hydrogen-bond donors (Lipinski definition) is 1. The number of hydrogen-bond acceptors (Lipinski definition) is 5. The molecular formula is C25H38O5. The summed E-state index contributed by atoms with van der Waals surface area (Å²) in [6, 6.07) is 0. The van der Waals surface area contributed by atoms with Crippen molar-refractivity contribution >= 4 is 11.9 Å². The maximum atomic E-state index is 12.9. The molecule has 1 saturated heterocycles. The second-order valence-corrected chi connectivity index (χ2v) is 10.3. The summed E-state index contributed by atoms with van der Waals surface area (Å²) in [6.07, 6.45) is 9.61. The number of carbonyl (C=O) groups excluding carboxylic acids is 2. The maximum absolute atomic E-state index is 12.9. The van der Waals surface area contributed by atoms with E-state index in [0.717, 1.165) is 25.7 Å². The number of allylic oxidation sites excluding steroid dienone is 3. The third-order valence-corrected chi connectivity index (χ3v) is 7.35. The van der Waals surface area contributed by atoms with Gasteiger partial charge in [-0.25, -0.2) is 0 Å². The van der Waals surface area contributed by atoms with Gasteiger partial charge in [0.1, 0.15) is 12.2 Å². The molecule has 168 valence electrons. The van der Waals surface area contributed by atoms with E-state index in [0.29, 0.717) is 24.2 Å². The summed E-state index contributed by atoms with van der Waals surface area (Å²) in [5.41, 5.74) is 0.785. The van der Waals surface area contributed by atoms with Crippen molar-refractivity contribution in [3.05, 3.63) is 23.8 Å². The molecule has 0 aromatic heterocycles. The lowest BCUT2D eigenvalue weighted by molar-refractivity contribution is -0.166. The van der Waals surface area contributed by atoms with E-state index in [1.807, 2.05) is 20.8 Å². The number of ether oxygens (including phenoxy) is 2. The summed E-state index contributed by atoms with van der Waals surface area (Å²) in [4.78, 5) is 24.6. The predicted octanol–water partition coefficient (Wildman–Crippen LogP) is 4.59. The Morgan fingerprint density at radius 3 is 2.67 bits per heavy atom. The molecule has 0 spiro atoms. The number of aliphatic hydroxyl groups excluding tert-OH is 1. The topological polar surface area (TPSA) is 72.8 Å². The van der Waals surface area contributed by atoms with Crippen LogP contribution in [-0.4, -0.2) is 35.4 Å². The molecule has 4 unspecified atom stereocenters. The monoisotopic (exact) mass is 418 g/mol. The number of carbonyl (C=O) groups is 2. The molecule has 1 N–H and O–H groups in total. The van der Waals surface area contributed by atoms with Crippen LogP contribution in [0.25, 0.3) is 0 Å². The van der Waals surface area contributed by atoms with Crippen LogP contribution in [0.4, 0.5) is 0 Å². The van der Waals surface area contributed by atoms with E-state index in [4.69, 9.17) is 9.47 Å². The molecule has 1 heterocycles. The zero-order valence-electron chi connectivity index (χ0n) is 19.1. The predicted molar refractivity (Wildman–Crippen MR) is 115 cm³/mol. The fraction of sp³-hybridized carbons (Fsp3) is 0.760. The highest BCUT2D eigenvalue weighted by atomic mass is 16.6. The Balaban J connectivity index is 1.76. The van der Waals surface area contributed by atoms with Crippen molar-refractivity contribution in [2.75, 3.05) is 0 Å². The minimum Gasteiger partial charge on any atom is -0.462 e.